The zero-order valence-corrected chi connectivity index (χ0v) is 12.9. The molecule has 1 unspecified atom stereocenters. The topological polar surface area (TPSA) is 75.6 Å². The van der Waals surface area contributed by atoms with E-state index in [1.165, 1.54) is 0 Å². The Labute approximate surface area is 139 Å². The van der Waals surface area contributed by atoms with Crippen molar-refractivity contribution in [2.24, 2.45) is 0 Å². The second-order valence-corrected chi connectivity index (χ2v) is 5.42. The first-order chi connectivity index (χ1) is 11.7. The zero-order chi connectivity index (χ0) is 16.9. The van der Waals surface area contributed by atoms with Crippen LogP contribution in [0.4, 0.5) is 0 Å². The lowest BCUT2D eigenvalue weighted by molar-refractivity contribution is -0.135. The van der Waals surface area contributed by atoms with Gasteiger partial charge in [-0.3, -0.25) is 9.59 Å². The average Bonchev–Trinajstić information content (AvgIpc) is 2.60. The lowest BCUT2D eigenvalue weighted by Crippen LogP contribution is -2.27. The molecule has 5 heteroatoms. The summed E-state index contributed by atoms with van der Waals surface area (Å²) in [5.74, 6) is -0.473. The third-order valence-corrected chi connectivity index (χ3v) is 3.77. The van der Waals surface area contributed by atoms with Crippen molar-refractivity contribution in [1.82, 2.24) is 5.32 Å². The highest BCUT2D eigenvalue weighted by Gasteiger charge is 2.32. The van der Waals surface area contributed by atoms with Gasteiger partial charge in [0.05, 0.1) is 12.1 Å². The summed E-state index contributed by atoms with van der Waals surface area (Å²) >= 11 is 0. The molecule has 0 saturated carbocycles. The van der Waals surface area contributed by atoms with Gasteiger partial charge in [0, 0.05) is 12.1 Å². The Morgan fingerprint density at radius 3 is 2.58 bits per heavy atom. The van der Waals surface area contributed by atoms with Gasteiger partial charge in [-0.2, -0.15) is 0 Å². The lowest BCUT2D eigenvalue weighted by Gasteiger charge is -2.28. The number of hydrogen-bond acceptors (Lipinski definition) is 4. The number of ether oxygens (including phenoxy) is 1. The fraction of sp³-hybridized carbons (Fsp3) is 0.158. The van der Waals surface area contributed by atoms with Crippen molar-refractivity contribution in [2.75, 3.05) is 13.1 Å². The molecule has 0 saturated heterocycles. The van der Waals surface area contributed by atoms with Crippen LogP contribution in [0.1, 0.15) is 22.0 Å². The minimum atomic E-state index is -0.940. The monoisotopic (exact) mass is 323 g/mol. The molecule has 2 aromatic rings. The SMILES string of the molecule is O=C(O)CNCC=C1C(=O)c2ccccc2OC1c1ccccc1. The van der Waals surface area contributed by atoms with Gasteiger partial charge in [0.15, 0.2) is 11.9 Å². The number of hydrogen-bond donors (Lipinski definition) is 2. The van der Waals surface area contributed by atoms with E-state index in [1.807, 2.05) is 36.4 Å². The van der Waals surface area contributed by atoms with Crippen LogP contribution in [0, 0.1) is 0 Å². The molecule has 0 amide bonds. The van der Waals surface area contributed by atoms with Gasteiger partial charge in [-0.25, -0.2) is 0 Å². The summed E-state index contributed by atoms with van der Waals surface area (Å²) in [6.45, 7) is 0.119. The van der Waals surface area contributed by atoms with Crippen molar-refractivity contribution < 1.29 is 19.4 Å². The van der Waals surface area contributed by atoms with Crippen LogP contribution in [0.3, 0.4) is 0 Å². The minimum Gasteiger partial charge on any atom is -0.480 e. The van der Waals surface area contributed by atoms with Crippen LogP contribution < -0.4 is 10.1 Å². The number of para-hydroxylation sites is 1. The van der Waals surface area contributed by atoms with E-state index >= 15 is 0 Å². The van der Waals surface area contributed by atoms with Crippen LogP contribution in [0.5, 0.6) is 5.75 Å². The molecule has 5 nitrogen and oxygen atoms in total. The molecule has 0 fully saturated rings. The molecular formula is C19H17NO4. The molecule has 1 aliphatic rings. The Kier molecular flexibility index (Phi) is 4.72. The number of ketones is 1. The largest absolute Gasteiger partial charge is 0.480 e. The maximum absolute atomic E-state index is 12.8. The van der Waals surface area contributed by atoms with Crippen LogP contribution in [0.25, 0.3) is 0 Å². The van der Waals surface area contributed by atoms with E-state index in [0.717, 1.165) is 5.56 Å². The second-order valence-electron chi connectivity index (χ2n) is 5.42. The predicted molar refractivity (Wildman–Crippen MR) is 89.2 cm³/mol. The van der Waals surface area contributed by atoms with Crippen LogP contribution in [0.15, 0.2) is 66.2 Å². The van der Waals surface area contributed by atoms with Crippen molar-refractivity contribution in [1.29, 1.82) is 0 Å². The van der Waals surface area contributed by atoms with Crippen molar-refractivity contribution >= 4 is 11.8 Å². The molecule has 122 valence electrons. The smallest absolute Gasteiger partial charge is 0.317 e. The van der Waals surface area contributed by atoms with Gasteiger partial charge < -0.3 is 15.2 Å². The molecule has 2 aromatic carbocycles. The average molecular weight is 323 g/mol. The van der Waals surface area contributed by atoms with E-state index in [1.54, 1.807) is 24.3 Å². The first kappa shape index (κ1) is 16.0. The number of carboxylic acid groups (broad SMARTS) is 1. The number of benzene rings is 2. The molecule has 1 aliphatic heterocycles. The third kappa shape index (κ3) is 3.36. The number of carbonyl (C=O) groups is 2. The highest BCUT2D eigenvalue weighted by atomic mass is 16.5. The zero-order valence-electron chi connectivity index (χ0n) is 12.9. The van der Waals surface area contributed by atoms with Gasteiger partial charge >= 0.3 is 5.97 Å². The Morgan fingerprint density at radius 1 is 1.12 bits per heavy atom. The van der Waals surface area contributed by atoms with Gasteiger partial charge in [0.25, 0.3) is 0 Å². The molecule has 0 aromatic heterocycles. The third-order valence-electron chi connectivity index (χ3n) is 3.77. The van der Waals surface area contributed by atoms with E-state index in [-0.39, 0.29) is 18.9 Å². The first-order valence-corrected chi connectivity index (χ1v) is 7.64. The van der Waals surface area contributed by atoms with E-state index in [0.29, 0.717) is 16.9 Å². The van der Waals surface area contributed by atoms with E-state index in [9.17, 15) is 9.59 Å². The minimum absolute atomic E-state index is 0.0946. The summed E-state index contributed by atoms with van der Waals surface area (Å²) in [5, 5.41) is 11.5. The predicted octanol–water partition coefficient (Wildman–Crippen LogP) is 2.60. The summed E-state index contributed by atoms with van der Waals surface area (Å²) in [7, 11) is 0. The van der Waals surface area contributed by atoms with Gasteiger partial charge in [0.1, 0.15) is 5.75 Å². The summed E-state index contributed by atoms with van der Waals surface area (Å²) in [4.78, 5) is 23.4. The van der Waals surface area contributed by atoms with Gasteiger partial charge in [0.2, 0.25) is 0 Å². The van der Waals surface area contributed by atoms with Crippen molar-refractivity contribution in [3.63, 3.8) is 0 Å². The summed E-state index contributed by atoms with van der Waals surface area (Å²) in [6.07, 6.45) is 1.21. The van der Waals surface area contributed by atoms with Crippen LogP contribution in [-0.2, 0) is 4.79 Å². The van der Waals surface area contributed by atoms with Crippen LogP contribution in [-0.4, -0.2) is 29.9 Å². The highest BCUT2D eigenvalue weighted by molar-refractivity contribution is 6.12. The molecular weight excluding hydrogens is 306 g/mol. The van der Waals surface area contributed by atoms with Crippen LogP contribution in [0.2, 0.25) is 0 Å². The molecule has 0 spiro atoms. The molecule has 0 radical (unpaired) electrons. The molecule has 1 atom stereocenters. The lowest BCUT2D eigenvalue weighted by atomic mass is 9.90. The summed E-state index contributed by atoms with van der Waals surface area (Å²) < 4.78 is 6.05. The number of fused-ring (bicyclic) bond motifs is 1. The maximum atomic E-state index is 12.8. The molecule has 24 heavy (non-hydrogen) atoms. The highest BCUT2D eigenvalue weighted by Crippen LogP contribution is 2.37. The van der Waals surface area contributed by atoms with E-state index in [4.69, 9.17) is 9.84 Å². The van der Waals surface area contributed by atoms with Gasteiger partial charge in [-0.1, -0.05) is 48.5 Å². The van der Waals surface area contributed by atoms with Crippen molar-refractivity contribution in [3.05, 3.63) is 77.4 Å². The summed E-state index contributed by atoms with van der Waals surface area (Å²) in [5.41, 5.74) is 1.91. The van der Waals surface area contributed by atoms with Crippen molar-refractivity contribution in [3.8, 4) is 5.75 Å². The second kappa shape index (κ2) is 7.10. The van der Waals surface area contributed by atoms with Crippen molar-refractivity contribution in [2.45, 2.75) is 6.10 Å². The normalized spacial score (nSPS) is 18.1. The molecule has 1 heterocycles. The number of aliphatic carboxylic acids is 1. The Balaban J connectivity index is 1.93. The van der Waals surface area contributed by atoms with Gasteiger partial charge in [-0.05, 0) is 17.7 Å². The number of Topliss-reactive ketones (excluding diaryl/α,β-unsaturated/α-hetero) is 1. The fourth-order valence-electron chi connectivity index (χ4n) is 2.66. The Bertz CT molecular complexity index is 783. The van der Waals surface area contributed by atoms with Crippen LogP contribution >= 0.6 is 0 Å². The molecule has 0 aliphatic carbocycles. The number of carboxylic acids is 1. The maximum Gasteiger partial charge on any atom is 0.317 e. The fourth-order valence-corrected chi connectivity index (χ4v) is 2.66. The Morgan fingerprint density at radius 2 is 1.83 bits per heavy atom. The van der Waals surface area contributed by atoms with Gasteiger partial charge in [-0.15, -0.1) is 0 Å². The van der Waals surface area contributed by atoms with E-state index < -0.39 is 12.1 Å². The summed E-state index contributed by atoms with van der Waals surface area (Å²) in [6, 6.07) is 16.6. The first-order valence-electron chi connectivity index (χ1n) is 7.64. The quantitative estimate of drug-likeness (QED) is 0.653. The molecule has 0 bridgehead atoms. The Hall–Kier alpha value is -2.92. The van der Waals surface area contributed by atoms with E-state index in [2.05, 4.69) is 5.32 Å². The molecule has 3 rings (SSSR count). The number of carbonyl (C=O) groups excluding carboxylic acids is 1. The standard InChI is InChI=1S/C19H17NO4/c21-17(22)12-20-11-10-15-18(23)14-8-4-5-9-16(14)24-19(15)13-6-2-1-3-7-13/h1-10,19-20H,11-12H2,(H,21,22). The number of rotatable bonds is 5. The molecule has 2 N–H and O–H groups in total. The number of nitrogens with one attached hydrogen (secondary N) is 1.